The van der Waals surface area contributed by atoms with Crippen LogP contribution in [0.4, 0.5) is 0 Å². The smallest absolute Gasteiger partial charge is 0.130 e. The molecule has 25 heavy (non-hydrogen) atoms. The molecule has 1 atom stereocenters. The van der Waals surface area contributed by atoms with Crippen molar-refractivity contribution in [2.45, 2.75) is 25.9 Å². The van der Waals surface area contributed by atoms with E-state index in [9.17, 15) is 0 Å². The fourth-order valence-electron chi connectivity index (χ4n) is 3.55. The lowest BCUT2D eigenvalue weighted by atomic mass is 10.0. The number of hydrogen-bond donors (Lipinski definition) is 0. The van der Waals surface area contributed by atoms with E-state index in [4.69, 9.17) is 16.3 Å². The lowest BCUT2D eigenvalue weighted by molar-refractivity contribution is 0.104. The van der Waals surface area contributed by atoms with E-state index in [2.05, 4.69) is 41.4 Å². The second kappa shape index (κ2) is 6.94. The average molecular weight is 373 g/mol. The Morgan fingerprint density at radius 2 is 2.16 bits per heavy atom. The van der Waals surface area contributed by atoms with E-state index in [0.717, 1.165) is 52.5 Å². The molecule has 130 valence electrons. The Bertz CT molecular complexity index is 908. The van der Waals surface area contributed by atoms with Crippen LogP contribution in [0.15, 0.2) is 35.8 Å². The van der Waals surface area contributed by atoms with Gasteiger partial charge in [-0.2, -0.15) is 0 Å². The molecule has 0 spiro atoms. The first-order chi connectivity index (χ1) is 12.1. The SMILES string of the molecule is Cc1cc(Cl)cc(-c2ccnc3ccsc23)c1O[C@H]1CCCN(C)C1. The maximum atomic E-state index is 6.51. The second-order valence-corrected chi connectivity index (χ2v) is 8.09. The first kappa shape index (κ1) is 16.8. The molecule has 0 N–H and O–H groups in total. The number of likely N-dealkylation sites (tertiary alicyclic amines) is 1. The molecular weight excluding hydrogens is 352 g/mol. The molecule has 1 saturated heterocycles. The van der Waals surface area contributed by atoms with Crippen molar-refractivity contribution in [3.63, 3.8) is 0 Å². The number of benzene rings is 1. The number of nitrogens with zero attached hydrogens (tertiary/aromatic N) is 2. The number of fused-ring (bicyclic) bond motifs is 1. The molecule has 1 aliphatic heterocycles. The molecule has 3 nitrogen and oxygen atoms in total. The molecule has 0 bridgehead atoms. The van der Waals surface area contributed by atoms with Crippen LogP contribution in [0.1, 0.15) is 18.4 Å². The third kappa shape index (κ3) is 3.39. The van der Waals surface area contributed by atoms with Crippen molar-refractivity contribution in [3.05, 3.63) is 46.4 Å². The number of likely N-dealkylation sites (N-methyl/N-ethyl adjacent to an activating group) is 1. The van der Waals surface area contributed by atoms with Gasteiger partial charge in [0.1, 0.15) is 11.9 Å². The van der Waals surface area contributed by atoms with Crippen molar-refractivity contribution in [1.29, 1.82) is 0 Å². The fourth-order valence-corrected chi connectivity index (χ4v) is 4.71. The summed E-state index contributed by atoms with van der Waals surface area (Å²) in [6.07, 6.45) is 4.35. The first-order valence-corrected chi connectivity index (χ1v) is 9.85. The molecule has 1 fully saturated rings. The maximum absolute atomic E-state index is 6.51. The van der Waals surface area contributed by atoms with E-state index in [0.29, 0.717) is 0 Å². The number of aryl methyl sites for hydroxylation is 1. The average Bonchev–Trinajstić information content (AvgIpc) is 3.06. The summed E-state index contributed by atoms with van der Waals surface area (Å²) in [4.78, 5) is 6.79. The van der Waals surface area contributed by atoms with Gasteiger partial charge >= 0.3 is 0 Å². The van der Waals surface area contributed by atoms with Crippen molar-refractivity contribution in [3.8, 4) is 16.9 Å². The number of rotatable bonds is 3. The summed E-state index contributed by atoms with van der Waals surface area (Å²) in [5.41, 5.74) is 4.30. The predicted molar refractivity (Wildman–Crippen MR) is 106 cm³/mol. The summed E-state index contributed by atoms with van der Waals surface area (Å²) < 4.78 is 7.68. The van der Waals surface area contributed by atoms with Crippen molar-refractivity contribution >= 4 is 33.2 Å². The molecule has 0 aliphatic carbocycles. The highest BCUT2D eigenvalue weighted by Gasteiger charge is 2.22. The minimum Gasteiger partial charge on any atom is -0.488 e. The number of pyridine rings is 1. The highest BCUT2D eigenvalue weighted by Crippen LogP contribution is 2.41. The van der Waals surface area contributed by atoms with E-state index in [1.165, 1.54) is 11.1 Å². The minimum atomic E-state index is 0.220. The quantitative estimate of drug-likeness (QED) is 0.615. The van der Waals surface area contributed by atoms with Gasteiger partial charge in [0.25, 0.3) is 0 Å². The largest absolute Gasteiger partial charge is 0.488 e. The zero-order valence-electron chi connectivity index (χ0n) is 14.5. The lowest BCUT2D eigenvalue weighted by Crippen LogP contribution is -2.38. The minimum absolute atomic E-state index is 0.220. The summed E-state index contributed by atoms with van der Waals surface area (Å²) in [7, 11) is 2.16. The highest BCUT2D eigenvalue weighted by atomic mass is 35.5. The third-order valence-electron chi connectivity index (χ3n) is 4.74. The van der Waals surface area contributed by atoms with Crippen LogP contribution in [0.25, 0.3) is 21.3 Å². The summed E-state index contributed by atoms with van der Waals surface area (Å²) in [6.45, 7) is 4.18. The van der Waals surface area contributed by atoms with Crippen LogP contribution in [-0.4, -0.2) is 36.1 Å². The van der Waals surface area contributed by atoms with Crippen LogP contribution in [0, 0.1) is 6.92 Å². The lowest BCUT2D eigenvalue weighted by Gasteiger charge is -2.31. The van der Waals surface area contributed by atoms with Crippen LogP contribution in [0.3, 0.4) is 0 Å². The zero-order valence-corrected chi connectivity index (χ0v) is 16.0. The molecule has 4 rings (SSSR count). The van der Waals surface area contributed by atoms with Crippen molar-refractivity contribution in [2.24, 2.45) is 0 Å². The molecule has 1 aliphatic rings. The molecule has 3 aromatic rings. The monoisotopic (exact) mass is 372 g/mol. The van der Waals surface area contributed by atoms with Crippen LogP contribution >= 0.6 is 22.9 Å². The van der Waals surface area contributed by atoms with Gasteiger partial charge in [0.15, 0.2) is 0 Å². The summed E-state index contributed by atoms with van der Waals surface area (Å²) in [5, 5.41) is 2.82. The Morgan fingerprint density at radius 1 is 1.28 bits per heavy atom. The standard InChI is InChI=1S/C20H21ClN2OS/c1-13-10-14(21)11-17(16-5-7-22-18-6-9-25-20(16)18)19(13)24-15-4-3-8-23(2)12-15/h5-7,9-11,15H,3-4,8,12H2,1-2H3/t15-/m0/s1. The van der Waals surface area contributed by atoms with Crippen LogP contribution in [0.5, 0.6) is 5.75 Å². The topological polar surface area (TPSA) is 25.4 Å². The molecule has 0 amide bonds. The molecule has 0 radical (unpaired) electrons. The number of hydrogen-bond acceptors (Lipinski definition) is 4. The Labute approximate surface area is 157 Å². The Kier molecular flexibility index (Phi) is 4.67. The molecular formula is C20H21ClN2OS. The van der Waals surface area contributed by atoms with E-state index >= 15 is 0 Å². The van der Waals surface area contributed by atoms with Gasteiger partial charge in [-0.15, -0.1) is 11.3 Å². The highest BCUT2D eigenvalue weighted by molar-refractivity contribution is 7.17. The van der Waals surface area contributed by atoms with Crippen LogP contribution in [0.2, 0.25) is 5.02 Å². The van der Waals surface area contributed by atoms with Crippen molar-refractivity contribution in [2.75, 3.05) is 20.1 Å². The summed E-state index contributed by atoms with van der Waals surface area (Å²) in [5.74, 6) is 0.950. The Balaban J connectivity index is 1.80. The van der Waals surface area contributed by atoms with Gasteiger partial charge in [0.2, 0.25) is 0 Å². The number of aromatic nitrogens is 1. The van der Waals surface area contributed by atoms with Gasteiger partial charge in [-0.3, -0.25) is 4.98 Å². The van der Waals surface area contributed by atoms with E-state index < -0.39 is 0 Å². The number of thiophene rings is 1. The van der Waals surface area contributed by atoms with Crippen LogP contribution < -0.4 is 4.74 Å². The van der Waals surface area contributed by atoms with Gasteiger partial charge < -0.3 is 9.64 Å². The Morgan fingerprint density at radius 3 is 3.00 bits per heavy atom. The van der Waals surface area contributed by atoms with Gasteiger partial charge in [-0.05, 0) is 68.6 Å². The predicted octanol–water partition coefficient (Wildman–Crippen LogP) is 5.40. The van der Waals surface area contributed by atoms with E-state index in [-0.39, 0.29) is 6.10 Å². The third-order valence-corrected chi connectivity index (χ3v) is 5.89. The van der Waals surface area contributed by atoms with Crippen LogP contribution in [-0.2, 0) is 0 Å². The number of piperidine rings is 1. The molecule has 2 aromatic heterocycles. The Hall–Kier alpha value is -1.62. The normalized spacial score (nSPS) is 18.6. The number of ether oxygens (including phenoxy) is 1. The van der Waals surface area contributed by atoms with E-state index in [1.807, 2.05) is 18.3 Å². The maximum Gasteiger partial charge on any atom is 0.130 e. The molecule has 5 heteroatoms. The van der Waals surface area contributed by atoms with E-state index in [1.54, 1.807) is 11.3 Å². The second-order valence-electron chi connectivity index (χ2n) is 6.74. The van der Waals surface area contributed by atoms with Gasteiger partial charge in [-0.25, -0.2) is 0 Å². The molecule has 0 saturated carbocycles. The number of halogens is 1. The summed E-state index contributed by atoms with van der Waals surface area (Å²) >= 11 is 8.09. The molecule has 0 unspecified atom stereocenters. The van der Waals surface area contributed by atoms with Crippen molar-refractivity contribution in [1.82, 2.24) is 9.88 Å². The summed E-state index contributed by atoms with van der Waals surface area (Å²) in [6, 6.07) is 8.12. The molecule has 1 aromatic carbocycles. The molecule has 3 heterocycles. The van der Waals surface area contributed by atoms with Gasteiger partial charge in [-0.1, -0.05) is 11.6 Å². The zero-order chi connectivity index (χ0) is 17.4. The van der Waals surface area contributed by atoms with Gasteiger partial charge in [0.05, 0.1) is 10.2 Å². The van der Waals surface area contributed by atoms with Crippen molar-refractivity contribution < 1.29 is 4.74 Å². The van der Waals surface area contributed by atoms with Gasteiger partial charge in [0, 0.05) is 28.9 Å². The first-order valence-electron chi connectivity index (χ1n) is 8.60. The fraction of sp³-hybridized carbons (Fsp3) is 0.350.